The molecule has 15 nitrogen and oxygen atoms in total. The molecule has 1 aromatic rings. The van der Waals surface area contributed by atoms with Crippen LogP contribution in [-0.2, 0) is 30.4 Å². The number of nitrogens with two attached hydrogens (primary N) is 2. The predicted molar refractivity (Wildman–Crippen MR) is 141 cm³/mol. The number of aliphatic hydroxyl groups is 2. The molecule has 0 aliphatic rings. The summed E-state index contributed by atoms with van der Waals surface area (Å²) in [5, 5.41) is 28.5. The third-order valence-electron chi connectivity index (χ3n) is 5.76. The zero-order valence-electron chi connectivity index (χ0n) is 22.4. The number of rotatable bonds is 19. The van der Waals surface area contributed by atoms with Crippen molar-refractivity contribution in [3.05, 3.63) is 18.2 Å². The van der Waals surface area contributed by atoms with E-state index in [1.807, 2.05) is 13.8 Å². The van der Waals surface area contributed by atoms with Crippen molar-refractivity contribution in [2.75, 3.05) is 19.8 Å². The Labute approximate surface area is 227 Å². The first-order chi connectivity index (χ1) is 18.6. The molecule has 1 rings (SSSR count). The lowest BCUT2D eigenvalue weighted by atomic mass is 10.0. The quantitative estimate of drug-likeness (QED) is 0.0604. The SMILES string of the molecule is CC(C)C[C@H](NC(=O)[C@H](Cc1cnc[nH]1)NC(=O)[C@@H](N)CCCCN)C(=O)N[C@@H](CO)C(=O)N[C@H](C=O)CO. The molecule has 39 heavy (non-hydrogen) atoms. The van der Waals surface area contributed by atoms with Crippen LogP contribution >= 0.6 is 0 Å². The minimum atomic E-state index is -1.44. The molecule has 0 aliphatic heterocycles. The molecule has 5 atom stereocenters. The highest BCUT2D eigenvalue weighted by Gasteiger charge is 2.31. The fourth-order valence-electron chi connectivity index (χ4n) is 3.59. The summed E-state index contributed by atoms with van der Waals surface area (Å²) in [5.74, 6) is -2.92. The van der Waals surface area contributed by atoms with E-state index in [1.165, 1.54) is 12.5 Å². The molecule has 0 saturated heterocycles. The van der Waals surface area contributed by atoms with Gasteiger partial charge in [0, 0.05) is 18.3 Å². The van der Waals surface area contributed by atoms with E-state index in [1.54, 1.807) is 0 Å². The van der Waals surface area contributed by atoms with Crippen LogP contribution in [0.1, 0.15) is 45.2 Å². The van der Waals surface area contributed by atoms with Gasteiger partial charge in [0.25, 0.3) is 0 Å². The fraction of sp³-hybridized carbons (Fsp3) is 0.667. The minimum absolute atomic E-state index is 0.0407. The Hall–Kier alpha value is -3.40. The van der Waals surface area contributed by atoms with Gasteiger partial charge in [0.05, 0.1) is 25.6 Å². The first kappa shape index (κ1) is 33.6. The number of aliphatic hydroxyl groups excluding tert-OH is 2. The normalized spacial score (nSPS) is 14.9. The number of amides is 4. The van der Waals surface area contributed by atoms with E-state index in [4.69, 9.17) is 16.6 Å². The number of hydrogen-bond acceptors (Lipinski definition) is 10. The van der Waals surface area contributed by atoms with Crippen molar-refractivity contribution >= 4 is 29.9 Å². The third kappa shape index (κ3) is 12.3. The van der Waals surface area contributed by atoms with Crippen molar-refractivity contribution < 1.29 is 34.2 Å². The number of aldehydes is 1. The predicted octanol–water partition coefficient (Wildman–Crippen LogP) is -3.42. The summed E-state index contributed by atoms with van der Waals surface area (Å²) in [6, 6.07) is -5.73. The van der Waals surface area contributed by atoms with Crippen LogP contribution in [-0.4, -0.2) is 100 Å². The highest BCUT2D eigenvalue weighted by Crippen LogP contribution is 2.08. The van der Waals surface area contributed by atoms with Gasteiger partial charge in [0.15, 0.2) is 0 Å². The second-order valence-electron chi connectivity index (χ2n) is 9.60. The molecule has 1 aromatic heterocycles. The van der Waals surface area contributed by atoms with E-state index in [-0.39, 0.29) is 18.8 Å². The van der Waals surface area contributed by atoms with Gasteiger partial charge in [-0.1, -0.05) is 20.3 Å². The van der Waals surface area contributed by atoms with E-state index >= 15 is 0 Å². The highest BCUT2D eigenvalue weighted by molar-refractivity contribution is 5.95. The summed E-state index contributed by atoms with van der Waals surface area (Å²) in [4.78, 5) is 69.1. The molecule has 0 aromatic carbocycles. The first-order valence-electron chi connectivity index (χ1n) is 12.9. The van der Waals surface area contributed by atoms with Gasteiger partial charge in [-0.2, -0.15) is 0 Å². The highest BCUT2D eigenvalue weighted by atomic mass is 16.3. The zero-order chi connectivity index (χ0) is 29.4. The third-order valence-corrected chi connectivity index (χ3v) is 5.76. The monoisotopic (exact) mass is 554 g/mol. The summed E-state index contributed by atoms with van der Waals surface area (Å²) in [6.07, 6.45) is 5.17. The lowest BCUT2D eigenvalue weighted by Gasteiger charge is -2.26. The van der Waals surface area contributed by atoms with Crippen LogP contribution in [0, 0.1) is 5.92 Å². The number of unbranched alkanes of at least 4 members (excludes halogenated alkanes) is 1. The number of nitrogens with zero attached hydrogens (tertiary/aromatic N) is 1. The average Bonchev–Trinajstić information content (AvgIpc) is 3.42. The molecule has 15 heteroatoms. The Bertz CT molecular complexity index is 912. The van der Waals surface area contributed by atoms with Gasteiger partial charge in [0.1, 0.15) is 30.5 Å². The van der Waals surface area contributed by atoms with E-state index in [0.717, 1.165) is 0 Å². The van der Waals surface area contributed by atoms with Gasteiger partial charge in [-0.05, 0) is 31.7 Å². The van der Waals surface area contributed by atoms with E-state index < -0.39 is 67.1 Å². The second kappa shape index (κ2) is 18.0. The van der Waals surface area contributed by atoms with E-state index in [9.17, 15) is 29.1 Å². The lowest BCUT2D eigenvalue weighted by Crippen LogP contribution is -2.59. The Kier molecular flexibility index (Phi) is 15.5. The van der Waals surface area contributed by atoms with Crippen LogP contribution in [0.15, 0.2) is 12.5 Å². The van der Waals surface area contributed by atoms with Crippen molar-refractivity contribution in [3.63, 3.8) is 0 Å². The van der Waals surface area contributed by atoms with Crippen LogP contribution in [0.4, 0.5) is 0 Å². The number of aromatic amines is 1. The van der Waals surface area contributed by atoms with Crippen LogP contribution in [0.3, 0.4) is 0 Å². The molecule has 0 saturated carbocycles. The molecule has 0 radical (unpaired) electrons. The molecule has 0 fully saturated rings. The van der Waals surface area contributed by atoms with Gasteiger partial charge >= 0.3 is 0 Å². The minimum Gasteiger partial charge on any atom is -0.394 e. The summed E-state index contributed by atoms with van der Waals surface area (Å²) in [6.45, 7) is 2.66. The number of hydrogen-bond donors (Lipinski definition) is 9. The van der Waals surface area contributed by atoms with Gasteiger partial charge in [-0.3, -0.25) is 19.2 Å². The first-order valence-corrected chi connectivity index (χ1v) is 12.9. The maximum Gasteiger partial charge on any atom is 0.245 e. The van der Waals surface area contributed by atoms with Crippen LogP contribution in [0.5, 0.6) is 0 Å². The van der Waals surface area contributed by atoms with Crippen LogP contribution in [0.25, 0.3) is 0 Å². The molecule has 220 valence electrons. The van der Waals surface area contributed by atoms with Crippen molar-refractivity contribution in [1.82, 2.24) is 31.2 Å². The average molecular weight is 555 g/mol. The van der Waals surface area contributed by atoms with Crippen LogP contribution < -0.4 is 32.7 Å². The summed E-state index contributed by atoms with van der Waals surface area (Å²) in [5.41, 5.74) is 12.0. The molecule has 0 bridgehead atoms. The second-order valence-corrected chi connectivity index (χ2v) is 9.60. The number of imidazole rings is 1. The molecular weight excluding hydrogens is 512 g/mol. The Morgan fingerprint density at radius 2 is 1.56 bits per heavy atom. The number of H-pyrrole nitrogens is 1. The van der Waals surface area contributed by atoms with Crippen molar-refractivity contribution in [3.8, 4) is 0 Å². The molecule has 0 spiro atoms. The van der Waals surface area contributed by atoms with Crippen LogP contribution in [0.2, 0.25) is 0 Å². The number of nitrogens with one attached hydrogen (secondary N) is 5. The fourth-order valence-corrected chi connectivity index (χ4v) is 3.59. The number of carbonyl (C=O) groups is 5. The lowest BCUT2D eigenvalue weighted by molar-refractivity contribution is -0.135. The number of carbonyl (C=O) groups excluding carboxylic acids is 5. The number of aromatic nitrogens is 2. The Morgan fingerprint density at radius 1 is 0.949 bits per heavy atom. The molecule has 0 unspecified atom stereocenters. The van der Waals surface area contributed by atoms with E-state index in [2.05, 4.69) is 31.2 Å². The van der Waals surface area contributed by atoms with Gasteiger partial charge < -0.3 is 52.7 Å². The van der Waals surface area contributed by atoms with Gasteiger partial charge in [0.2, 0.25) is 23.6 Å². The zero-order valence-corrected chi connectivity index (χ0v) is 22.4. The molecule has 4 amide bonds. The van der Waals surface area contributed by atoms with E-state index in [0.29, 0.717) is 37.8 Å². The maximum atomic E-state index is 13.3. The molecule has 11 N–H and O–H groups in total. The molecule has 1 heterocycles. The van der Waals surface area contributed by atoms with Crippen molar-refractivity contribution in [2.24, 2.45) is 17.4 Å². The van der Waals surface area contributed by atoms with Gasteiger partial charge in [-0.25, -0.2) is 4.98 Å². The molecule has 0 aliphatic carbocycles. The topological polar surface area (TPSA) is 255 Å². The summed E-state index contributed by atoms with van der Waals surface area (Å²) < 4.78 is 0. The van der Waals surface area contributed by atoms with Crippen molar-refractivity contribution in [1.29, 1.82) is 0 Å². The standard InChI is InChI=1S/C24H42N8O7/c1-14(2)7-18(22(37)32-20(12-35)24(39)29-16(10-33)11-34)31-23(38)19(8-15-9-27-13-28-15)30-21(36)17(26)5-3-4-6-25/h9-10,13-14,16-20,34-35H,3-8,11-12,25-26H2,1-2H3,(H,27,28)(H,29,39)(H,30,36)(H,31,38)(H,32,37)/t16-,17+,18+,19+,20+/m1/s1. The van der Waals surface area contributed by atoms with Gasteiger partial charge in [-0.15, -0.1) is 0 Å². The Morgan fingerprint density at radius 3 is 2.10 bits per heavy atom. The maximum absolute atomic E-state index is 13.3. The summed E-state index contributed by atoms with van der Waals surface area (Å²) in [7, 11) is 0. The molecular formula is C24H42N8O7. The largest absolute Gasteiger partial charge is 0.394 e. The Balaban J connectivity index is 3.02. The van der Waals surface area contributed by atoms with Crippen molar-refractivity contribution in [2.45, 2.75) is 76.2 Å². The smallest absolute Gasteiger partial charge is 0.245 e. The summed E-state index contributed by atoms with van der Waals surface area (Å²) >= 11 is 0.